The first-order valence-corrected chi connectivity index (χ1v) is 6.63. The summed E-state index contributed by atoms with van der Waals surface area (Å²) in [7, 11) is 3.47. The zero-order valence-corrected chi connectivity index (χ0v) is 12.3. The molecule has 0 heterocycles. The molecule has 1 aromatic carbocycles. The lowest BCUT2D eigenvalue weighted by Crippen LogP contribution is -2.31. The minimum absolute atomic E-state index is 0.149. The molecule has 4 nitrogen and oxygen atoms in total. The summed E-state index contributed by atoms with van der Waals surface area (Å²) in [5.74, 6) is 0.968. The van der Waals surface area contributed by atoms with Gasteiger partial charge in [0, 0.05) is 32.6 Å². The highest BCUT2D eigenvalue weighted by Gasteiger charge is 2.09. The van der Waals surface area contributed by atoms with Crippen LogP contribution in [0.25, 0.3) is 0 Å². The van der Waals surface area contributed by atoms with Gasteiger partial charge in [-0.3, -0.25) is 4.79 Å². The van der Waals surface area contributed by atoms with E-state index in [1.807, 2.05) is 31.3 Å². The van der Waals surface area contributed by atoms with E-state index in [0.29, 0.717) is 19.0 Å². The SMILES string of the molecule is COc1cccc(CN(C)C(=O)CCNC(C)C)c1. The maximum atomic E-state index is 11.9. The third-order valence-electron chi connectivity index (χ3n) is 2.87. The summed E-state index contributed by atoms with van der Waals surface area (Å²) in [6, 6.07) is 8.20. The standard InChI is InChI=1S/C15H24N2O2/c1-12(2)16-9-8-15(18)17(3)11-13-6-5-7-14(10-13)19-4/h5-7,10,12,16H,8-9,11H2,1-4H3. The Kier molecular flexibility index (Phi) is 6.36. The third kappa shape index (κ3) is 5.75. The summed E-state index contributed by atoms with van der Waals surface area (Å²) >= 11 is 0. The lowest BCUT2D eigenvalue weighted by atomic mass is 10.2. The minimum Gasteiger partial charge on any atom is -0.497 e. The normalized spacial score (nSPS) is 10.6. The van der Waals surface area contributed by atoms with Crippen molar-refractivity contribution in [3.8, 4) is 5.75 Å². The lowest BCUT2D eigenvalue weighted by Gasteiger charge is -2.18. The number of carbonyl (C=O) groups is 1. The number of amides is 1. The van der Waals surface area contributed by atoms with Gasteiger partial charge in [0.15, 0.2) is 0 Å². The number of rotatable bonds is 7. The third-order valence-corrected chi connectivity index (χ3v) is 2.87. The average molecular weight is 264 g/mol. The maximum Gasteiger partial charge on any atom is 0.223 e. The van der Waals surface area contributed by atoms with Crippen molar-refractivity contribution in [1.82, 2.24) is 10.2 Å². The predicted octanol–water partition coefficient (Wildman–Crippen LogP) is 2.04. The van der Waals surface area contributed by atoms with E-state index in [4.69, 9.17) is 4.74 Å². The van der Waals surface area contributed by atoms with E-state index in [9.17, 15) is 4.79 Å². The molecule has 1 aromatic rings. The number of methoxy groups -OCH3 is 1. The van der Waals surface area contributed by atoms with E-state index < -0.39 is 0 Å². The van der Waals surface area contributed by atoms with Gasteiger partial charge in [-0.1, -0.05) is 26.0 Å². The number of hydrogen-bond acceptors (Lipinski definition) is 3. The van der Waals surface area contributed by atoms with Crippen molar-refractivity contribution in [2.24, 2.45) is 0 Å². The molecule has 19 heavy (non-hydrogen) atoms. The summed E-state index contributed by atoms with van der Waals surface area (Å²) in [5, 5.41) is 3.25. The van der Waals surface area contributed by atoms with Gasteiger partial charge in [0.05, 0.1) is 7.11 Å². The first-order valence-electron chi connectivity index (χ1n) is 6.63. The Morgan fingerprint density at radius 2 is 2.16 bits per heavy atom. The second-order valence-corrected chi connectivity index (χ2v) is 4.96. The van der Waals surface area contributed by atoms with Gasteiger partial charge >= 0.3 is 0 Å². The van der Waals surface area contributed by atoms with Gasteiger partial charge in [-0.25, -0.2) is 0 Å². The topological polar surface area (TPSA) is 41.6 Å². The molecule has 0 aliphatic rings. The van der Waals surface area contributed by atoms with E-state index in [2.05, 4.69) is 19.2 Å². The highest BCUT2D eigenvalue weighted by Crippen LogP contribution is 2.14. The molecule has 0 aliphatic heterocycles. The van der Waals surface area contributed by atoms with Crippen LogP contribution in [0.4, 0.5) is 0 Å². The Morgan fingerprint density at radius 3 is 2.79 bits per heavy atom. The Bertz CT molecular complexity index is 405. The summed E-state index contributed by atoms with van der Waals surface area (Å²) < 4.78 is 5.17. The summed E-state index contributed by atoms with van der Waals surface area (Å²) in [5.41, 5.74) is 1.08. The van der Waals surface area contributed by atoms with E-state index in [1.54, 1.807) is 12.0 Å². The van der Waals surface area contributed by atoms with Crippen LogP contribution >= 0.6 is 0 Å². The molecular weight excluding hydrogens is 240 g/mol. The van der Waals surface area contributed by atoms with E-state index >= 15 is 0 Å². The summed E-state index contributed by atoms with van der Waals surface area (Å²) in [6.07, 6.45) is 0.526. The van der Waals surface area contributed by atoms with Crippen molar-refractivity contribution < 1.29 is 9.53 Å². The highest BCUT2D eigenvalue weighted by molar-refractivity contribution is 5.76. The molecule has 1 N–H and O–H groups in total. The number of benzene rings is 1. The Morgan fingerprint density at radius 1 is 1.42 bits per heavy atom. The van der Waals surface area contributed by atoms with Gasteiger partial charge in [0.2, 0.25) is 5.91 Å². The van der Waals surface area contributed by atoms with Gasteiger partial charge in [-0.05, 0) is 17.7 Å². The Balaban J connectivity index is 2.44. The fraction of sp³-hybridized carbons (Fsp3) is 0.533. The molecule has 1 amide bonds. The number of ether oxygens (including phenoxy) is 1. The van der Waals surface area contributed by atoms with Crippen LogP contribution in [0.3, 0.4) is 0 Å². The van der Waals surface area contributed by atoms with Crippen LogP contribution in [0.15, 0.2) is 24.3 Å². The quantitative estimate of drug-likeness (QED) is 0.819. The number of carbonyl (C=O) groups excluding carboxylic acids is 1. The van der Waals surface area contributed by atoms with Crippen LogP contribution < -0.4 is 10.1 Å². The molecule has 1 rings (SSSR count). The molecule has 0 unspecified atom stereocenters. The fourth-order valence-corrected chi connectivity index (χ4v) is 1.79. The van der Waals surface area contributed by atoms with Crippen molar-refractivity contribution in [3.05, 3.63) is 29.8 Å². The smallest absolute Gasteiger partial charge is 0.223 e. The molecule has 106 valence electrons. The van der Waals surface area contributed by atoms with Crippen molar-refractivity contribution >= 4 is 5.91 Å². The first-order chi connectivity index (χ1) is 9.02. The monoisotopic (exact) mass is 264 g/mol. The molecule has 0 aliphatic carbocycles. The van der Waals surface area contributed by atoms with Crippen LogP contribution in [0.1, 0.15) is 25.8 Å². The number of hydrogen-bond donors (Lipinski definition) is 1. The van der Waals surface area contributed by atoms with Gasteiger partial charge in [-0.2, -0.15) is 0 Å². The van der Waals surface area contributed by atoms with Crippen LogP contribution in [0.2, 0.25) is 0 Å². The van der Waals surface area contributed by atoms with Crippen molar-refractivity contribution in [2.45, 2.75) is 32.9 Å². The van der Waals surface area contributed by atoms with Crippen molar-refractivity contribution in [1.29, 1.82) is 0 Å². The van der Waals surface area contributed by atoms with E-state index in [0.717, 1.165) is 17.9 Å². The van der Waals surface area contributed by atoms with Crippen molar-refractivity contribution in [3.63, 3.8) is 0 Å². The molecule has 0 saturated carbocycles. The number of nitrogens with zero attached hydrogens (tertiary/aromatic N) is 1. The zero-order valence-electron chi connectivity index (χ0n) is 12.3. The van der Waals surface area contributed by atoms with Crippen LogP contribution in [-0.4, -0.2) is 37.6 Å². The van der Waals surface area contributed by atoms with Gasteiger partial charge in [0.1, 0.15) is 5.75 Å². The van der Waals surface area contributed by atoms with Crippen molar-refractivity contribution in [2.75, 3.05) is 20.7 Å². The maximum absolute atomic E-state index is 11.9. The largest absolute Gasteiger partial charge is 0.497 e. The zero-order chi connectivity index (χ0) is 14.3. The van der Waals surface area contributed by atoms with Gasteiger partial charge in [0.25, 0.3) is 0 Å². The predicted molar refractivity (Wildman–Crippen MR) is 77.2 cm³/mol. The van der Waals surface area contributed by atoms with Gasteiger partial charge in [-0.15, -0.1) is 0 Å². The van der Waals surface area contributed by atoms with Crippen LogP contribution in [-0.2, 0) is 11.3 Å². The second-order valence-electron chi connectivity index (χ2n) is 4.96. The molecule has 4 heteroatoms. The fourth-order valence-electron chi connectivity index (χ4n) is 1.79. The van der Waals surface area contributed by atoms with Crippen LogP contribution in [0.5, 0.6) is 5.75 Å². The number of nitrogens with one attached hydrogen (secondary N) is 1. The molecule has 0 atom stereocenters. The lowest BCUT2D eigenvalue weighted by molar-refractivity contribution is -0.130. The minimum atomic E-state index is 0.149. The summed E-state index contributed by atoms with van der Waals surface area (Å²) in [6.45, 7) is 5.48. The molecule has 0 fully saturated rings. The molecule has 0 aromatic heterocycles. The first kappa shape index (κ1) is 15.5. The molecular formula is C15H24N2O2. The van der Waals surface area contributed by atoms with Gasteiger partial charge < -0.3 is 15.0 Å². The average Bonchev–Trinajstić information content (AvgIpc) is 2.38. The Hall–Kier alpha value is -1.55. The molecule has 0 spiro atoms. The molecule has 0 saturated heterocycles. The van der Waals surface area contributed by atoms with Crippen LogP contribution in [0, 0.1) is 0 Å². The highest BCUT2D eigenvalue weighted by atomic mass is 16.5. The van der Waals surface area contributed by atoms with E-state index in [1.165, 1.54) is 0 Å². The molecule has 0 bridgehead atoms. The summed E-state index contributed by atoms with van der Waals surface area (Å²) in [4.78, 5) is 13.7. The molecule has 0 radical (unpaired) electrons. The van der Waals surface area contributed by atoms with E-state index in [-0.39, 0.29) is 5.91 Å². The second kappa shape index (κ2) is 7.79. The Labute approximate surface area is 115 Å².